The van der Waals surface area contributed by atoms with E-state index in [2.05, 4.69) is 4.74 Å². The molecule has 0 aliphatic heterocycles. The molecule has 0 spiro atoms. The van der Waals surface area contributed by atoms with Crippen molar-refractivity contribution in [3.63, 3.8) is 0 Å². The van der Waals surface area contributed by atoms with E-state index < -0.39 is 29.4 Å². The van der Waals surface area contributed by atoms with Crippen LogP contribution < -0.4 is 0 Å². The molecule has 0 aromatic carbocycles. The molecule has 0 aromatic rings. The van der Waals surface area contributed by atoms with Crippen LogP contribution in [-0.4, -0.2) is 23.5 Å². The number of ketones is 1. The second-order valence-corrected chi connectivity index (χ2v) is 4.12. The third-order valence-corrected chi connectivity index (χ3v) is 1.43. The van der Waals surface area contributed by atoms with Crippen molar-refractivity contribution >= 4 is 11.8 Å². The van der Waals surface area contributed by atoms with Crippen molar-refractivity contribution in [2.24, 2.45) is 5.92 Å². The van der Waals surface area contributed by atoms with E-state index in [-0.39, 0.29) is 0 Å². The third-order valence-electron chi connectivity index (χ3n) is 1.43. The summed E-state index contributed by atoms with van der Waals surface area (Å²) in [5.41, 5.74) is -0.906. The average Bonchev–Trinajstić information content (AvgIpc) is 1.96. The van der Waals surface area contributed by atoms with Crippen LogP contribution in [0.25, 0.3) is 0 Å². The summed E-state index contributed by atoms with van der Waals surface area (Å²) in [6.45, 7) is 5.41. The molecule has 0 fully saturated rings. The Labute approximate surface area is 85.6 Å². The van der Waals surface area contributed by atoms with Crippen molar-refractivity contribution in [2.45, 2.75) is 39.5 Å². The summed E-state index contributed by atoms with van der Waals surface area (Å²) in [5, 5.41) is 0. The van der Waals surface area contributed by atoms with E-state index in [1.165, 1.54) is 20.8 Å². The average molecular weight is 226 g/mol. The second-order valence-electron chi connectivity index (χ2n) is 4.12. The predicted octanol–water partition coefficient (Wildman–Crippen LogP) is 2.10. The normalized spacial score (nSPS) is 14.6. The van der Waals surface area contributed by atoms with E-state index in [1.807, 2.05) is 0 Å². The Morgan fingerprint density at radius 2 is 1.53 bits per heavy atom. The minimum absolute atomic E-state index is 0.879. The lowest BCUT2D eigenvalue weighted by atomic mass is 10.1. The van der Waals surface area contributed by atoms with Crippen LogP contribution in [0.15, 0.2) is 0 Å². The minimum Gasteiger partial charge on any atom is -0.459 e. The van der Waals surface area contributed by atoms with Gasteiger partial charge in [0.1, 0.15) is 11.5 Å². The number of halogens is 3. The van der Waals surface area contributed by atoms with Gasteiger partial charge >= 0.3 is 12.1 Å². The van der Waals surface area contributed by atoms with Crippen molar-refractivity contribution in [1.29, 1.82) is 0 Å². The summed E-state index contributed by atoms with van der Waals surface area (Å²) in [7, 11) is 0. The first kappa shape index (κ1) is 13.9. The fourth-order valence-electron chi connectivity index (χ4n) is 0.743. The summed E-state index contributed by atoms with van der Waals surface area (Å²) in [5.74, 6) is -5.06. The first-order valence-corrected chi connectivity index (χ1v) is 4.29. The molecular weight excluding hydrogens is 213 g/mol. The van der Waals surface area contributed by atoms with Crippen LogP contribution in [-0.2, 0) is 14.3 Å². The number of carbonyl (C=O) groups excluding carboxylic acids is 2. The summed E-state index contributed by atoms with van der Waals surface area (Å²) in [6, 6.07) is 0. The SMILES string of the molecule is CC(C(=O)OC(C)(C)C)C(=O)C(F)(F)F. The number of hydrogen-bond acceptors (Lipinski definition) is 3. The number of ether oxygens (including phenoxy) is 1. The number of rotatable bonds is 2. The van der Waals surface area contributed by atoms with Gasteiger partial charge < -0.3 is 4.74 Å². The van der Waals surface area contributed by atoms with E-state index in [9.17, 15) is 22.8 Å². The van der Waals surface area contributed by atoms with Gasteiger partial charge in [-0.15, -0.1) is 0 Å². The first-order chi connectivity index (χ1) is 6.45. The lowest BCUT2D eigenvalue weighted by Crippen LogP contribution is -2.37. The van der Waals surface area contributed by atoms with Gasteiger partial charge in [0.05, 0.1) is 0 Å². The van der Waals surface area contributed by atoms with Gasteiger partial charge in [-0.05, 0) is 27.7 Å². The van der Waals surface area contributed by atoms with Gasteiger partial charge in [-0.25, -0.2) is 0 Å². The van der Waals surface area contributed by atoms with Crippen LogP contribution >= 0.6 is 0 Å². The summed E-state index contributed by atoms with van der Waals surface area (Å²) in [6.07, 6.45) is -5.00. The summed E-state index contributed by atoms with van der Waals surface area (Å²) < 4.78 is 40.5. The Balaban J connectivity index is 4.54. The van der Waals surface area contributed by atoms with E-state index in [1.54, 1.807) is 0 Å². The molecule has 0 aromatic heterocycles. The number of hydrogen-bond donors (Lipinski definition) is 0. The van der Waals surface area contributed by atoms with Crippen molar-refractivity contribution in [1.82, 2.24) is 0 Å². The molecule has 0 amide bonds. The highest BCUT2D eigenvalue weighted by molar-refractivity contribution is 6.01. The number of esters is 1. The Morgan fingerprint density at radius 1 is 1.13 bits per heavy atom. The van der Waals surface area contributed by atoms with Crippen molar-refractivity contribution < 1.29 is 27.5 Å². The van der Waals surface area contributed by atoms with Crippen molar-refractivity contribution in [2.75, 3.05) is 0 Å². The predicted molar refractivity (Wildman–Crippen MR) is 46.1 cm³/mol. The minimum atomic E-state index is -5.00. The van der Waals surface area contributed by atoms with E-state index >= 15 is 0 Å². The van der Waals surface area contributed by atoms with Crippen LogP contribution in [0, 0.1) is 5.92 Å². The zero-order valence-corrected chi connectivity index (χ0v) is 8.94. The molecule has 0 heterocycles. The van der Waals surface area contributed by atoms with E-state index in [4.69, 9.17) is 0 Å². The topological polar surface area (TPSA) is 43.4 Å². The maximum atomic E-state index is 11.9. The van der Waals surface area contributed by atoms with Crippen LogP contribution in [0.4, 0.5) is 13.2 Å². The quantitative estimate of drug-likeness (QED) is 0.535. The maximum absolute atomic E-state index is 11.9. The molecule has 0 saturated carbocycles. The van der Waals surface area contributed by atoms with Crippen LogP contribution in [0.2, 0.25) is 0 Å². The van der Waals surface area contributed by atoms with Crippen LogP contribution in [0.5, 0.6) is 0 Å². The summed E-state index contributed by atoms with van der Waals surface area (Å²) >= 11 is 0. The van der Waals surface area contributed by atoms with Crippen molar-refractivity contribution in [3.05, 3.63) is 0 Å². The Morgan fingerprint density at radius 3 is 1.80 bits per heavy atom. The number of carbonyl (C=O) groups is 2. The molecule has 0 saturated heterocycles. The highest BCUT2D eigenvalue weighted by atomic mass is 19.4. The molecule has 0 aliphatic carbocycles. The van der Waals surface area contributed by atoms with Gasteiger partial charge in [0.25, 0.3) is 0 Å². The molecule has 0 N–H and O–H groups in total. The molecule has 1 atom stereocenters. The molecule has 15 heavy (non-hydrogen) atoms. The van der Waals surface area contributed by atoms with Crippen LogP contribution in [0.3, 0.4) is 0 Å². The zero-order valence-electron chi connectivity index (χ0n) is 8.94. The van der Waals surface area contributed by atoms with Gasteiger partial charge in [-0.1, -0.05) is 0 Å². The molecule has 0 aliphatic rings. The first-order valence-electron chi connectivity index (χ1n) is 4.29. The second kappa shape index (κ2) is 4.20. The van der Waals surface area contributed by atoms with Gasteiger partial charge in [-0.3, -0.25) is 9.59 Å². The summed E-state index contributed by atoms with van der Waals surface area (Å²) in [4.78, 5) is 21.8. The van der Waals surface area contributed by atoms with Crippen LogP contribution in [0.1, 0.15) is 27.7 Å². The number of Topliss-reactive ketones (excluding diaryl/α,β-unsaturated/α-hetero) is 1. The standard InChI is InChI=1S/C9H13F3O3/c1-5(6(13)9(10,11)12)7(14)15-8(2,3)4/h5H,1-4H3. The Bertz CT molecular complexity index is 263. The smallest absolute Gasteiger partial charge is 0.450 e. The Kier molecular flexibility index (Phi) is 3.90. The molecule has 0 bridgehead atoms. The van der Waals surface area contributed by atoms with Gasteiger partial charge in [-0.2, -0.15) is 13.2 Å². The van der Waals surface area contributed by atoms with E-state index in [0.717, 1.165) is 6.92 Å². The fourth-order valence-corrected chi connectivity index (χ4v) is 0.743. The van der Waals surface area contributed by atoms with Gasteiger partial charge in [0, 0.05) is 0 Å². The largest absolute Gasteiger partial charge is 0.459 e. The zero-order chi connectivity index (χ0) is 12.4. The molecule has 88 valence electrons. The molecule has 6 heteroatoms. The van der Waals surface area contributed by atoms with E-state index in [0.29, 0.717) is 0 Å². The fraction of sp³-hybridized carbons (Fsp3) is 0.778. The highest BCUT2D eigenvalue weighted by Gasteiger charge is 2.45. The Hall–Kier alpha value is -1.07. The monoisotopic (exact) mass is 226 g/mol. The third kappa shape index (κ3) is 4.80. The van der Waals surface area contributed by atoms with Crippen molar-refractivity contribution in [3.8, 4) is 0 Å². The molecule has 0 rings (SSSR count). The highest BCUT2D eigenvalue weighted by Crippen LogP contribution is 2.22. The molecule has 3 nitrogen and oxygen atoms in total. The van der Waals surface area contributed by atoms with Gasteiger partial charge in [0.15, 0.2) is 0 Å². The maximum Gasteiger partial charge on any atom is 0.450 e. The molecular formula is C9H13F3O3. The van der Waals surface area contributed by atoms with Gasteiger partial charge in [0.2, 0.25) is 5.78 Å². The number of alkyl halides is 3. The molecule has 0 radical (unpaired) electrons. The lowest BCUT2D eigenvalue weighted by Gasteiger charge is -2.22. The lowest BCUT2D eigenvalue weighted by molar-refractivity contribution is -0.183. The molecule has 1 unspecified atom stereocenters.